The number of unbranched alkanes of at least 4 members (excludes halogenated alkanes) is 1. The number of rotatable bonds is 7. The fourth-order valence-electron chi connectivity index (χ4n) is 2.36. The SMILES string of the molecule is CCCC/C(=C\C(F)(F)S(=O)(=O)c1ccccc1)c1ccccc1. The van der Waals surface area contributed by atoms with Gasteiger partial charge in [0, 0.05) is 6.08 Å². The first kappa shape index (κ1) is 18.3. The van der Waals surface area contributed by atoms with Gasteiger partial charge in [-0.1, -0.05) is 61.9 Å². The zero-order chi connectivity index (χ0) is 17.6. The van der Waals surface area contributed by atoms with E-state index < -0.39 is 15.1 Å². The molecule has 0 aliphatic heterocycles. The Kier molecular flexibility index (Phi) is 5.89. The first-order valence-corrected chi connectivity index (χ1v) is 9.31. The average molecular weight is 350 g/mol. The molecule has 0 bridgehead atoms. The number of hydrogen-bond acceptors (Lipinski definition) is 2. The fourth-order valence-corrected chi connectivity index (χ4v) is 3.48. The largest absolute Gasteiger partial charge is 0.369 e. The van der Waals surface area contributed by atoms with E-state index in [1.165, 1.54) is 24.3 Å². The molecule has 0 N–H and O–H groups in total. The van der Waals surface area contributed by atoms with Crippen LogP contribution in [0.5, 0.6) is 0 Å². The van der Waals surface area contributed by atoms with Crippen LogP contribution < -0.4 is 0 Å². The molecule has 2 rings (SSSR count). The molecule has 0 spiro atoms. The average Bonchev–Trinajstić information content (AvgIpc) is 2.60. The molecule has 0 amide bonds. The molecule has 0 saturated carbocycles. The number of benzene rings is 2. The second kappa shape index (κ2) is 7.71. The van der Waals surface area contributed by atoms with E-state index in [1.54, 1.807) is 36.4 Å². The van der Waals surface area contributed by atoms with Gasteiger partial charge in [0.2, 0.25) is 9.84 Å². The van der Waals surface area contributed by atoms with E-state index in [2.05, 4.69) is 0 Å². The Bertz CT molecular complexity index is 783. The Morgan fingerprint density at radius 2 is 1.54 bits per heavy atom. The standard InChI is InChI=1S/C19H20F2O2S/c1-2-3-10-17(16-11-6-4-7-12-16)15-19(20,21)24(22,23)18-13-8-5-9-14-18/h4-9,11-15H,2-3,10H2,1H3/b17-15+. The van der Waals surface area contributed by atoms with Crippen molar-refractivity contribution in [2.75, 3.05) is 0 Å². The number of allylic oxidation sites excluding steroid dienone is 1. The molecule has 0 saturated heterocycles. The lowest BCUT2D eigenvalue weighted by molar-refractivity contribution is 0.147. The third-order valence-electron chi connectivity index (χ3n) is 3.70. The van der Waals surface area contributed by atoms with E-state index in [-0.39, 0.29) is 4.90 Å². The van der Waals surface area contributed by atoms with Crippen LogP contribution in [0.3, 0.4) is 0 Å². The van der Waals surface area contributed by atoms with Crippen molar-refractivity contribution in [1.29, 1.82) is 0 Å². The van der Waals surface area contributed by atoms with Gasteiger partial charge >= 0.3 is 5.25 Å². The minimum absolute atomic E-state index is 0.349. The number of sulfone groups is 1. The Hall–Kier alpha value is -2.01. The Morgan fingerprint density at radius 3 is 2.08 bits per heavy atom. The van der Waals surface area contributed by atoms with Gasteiger partial charge in [-0.25, -0.2) is 8.42 Å². The fraction of sp³-hybridized carbons (Fsp3) is 0.263. The lowest BCUT2D eigenvalue weighted by atomic mass is 10.00. The quantitative estimate of drug-likeness (QED) is 0.676. The molecule has 2 aromatic rings. The van der Waals surface area contributed by atoms with Crippen molar-refractivity contribution >= 4 is 15.4 Å². The van der Waals surface area contributed by atoms with Gasteiger partial charge < -0.3 is 0 Å². The van der Waals surface area contributed by atoms with Gasteiger partial charge in [-0.3, -0.25) is 0 Å². The van der Waals surface area contributed by atoms with Gasteiger partial charge in [0.1, 0.15) is 0 Å². The van der Waals surface area contributed by atoms with E-state index in [9.17, 15) is 17.2 Å². The van der Waals surface area contributed by atoms with Gasteiger partial charge in [-0.15, -0.1) is 0 Å². The monoisotopic (exact) mass is 350 g/mol. The molecule has 0 heterocycles. The van der Waals surface area contributed by atoms with Crippen molar-refractivity contribution in [2.24, 2.45) is 0 Å². The van der Waals surface area contributed by atoms with Crippen molar-refractivity contribution in [3.05, 3.63) is 72.3 Å². The maximum Gasteiger partial charge on any atom is 0.369 e. The van der Waals surface area contributed by atoms with Crippen LogP contribution in [0.15, 0.2) is 71.6 Å². The minimum Gasteiger partial charge on any atom is -0.217 e. The molecule has 0 aliphatic carbocycles. The summed E-state index contributed by atoms with van der Waals surface area (Å²) in [6, 6.07) is 15.5. The molecule has 0 atom stereocenters. The minimum atomic E-state index is -4.78. The summed E-state index contributed by atoms with van der Waals surface area (Å²) in [5.74, 6) is 0. The van der Waals surface area contributed by atoms with E-state index >= 15 is 0 Å². The molecular weight excluding hydrogens is 330 g/mol. The topological polar surface area (TPSA) is 34.1 Å². The third-order valence-corrected chi connectivity index (χ3v) is 5.43. The highest BCUT2D eigenvalue weighted by molar-refractivity contribution is 7.92. The summed E-state index contributed by atoms with van der Waals surface area (Å²) in [4.78, 5) is -0.380. The van der Waals surface area contributed by atoms with Crippen molar-refractivity contribution in [3.8, 4) is 0 Å². The van der Waals surface area contributed by atoms with Crippen LogP contribution in [0, 0.1) is 0 Å². The number of halogens is 2. The summed E-state index contributed by atoms with van der Waals surface area (Å²) in [6.45, 7) is 1.96. The van der Waals surface area contributed by atoms with Gasteiger partial charge in [-0.2, -0.15) is 8.78 Å². The summed E-state index contributed by atoms with van der Waals surface area (Å²) in [6.07, 6.45) is 2.55. The van der Waals surface area contributed by atoms with Crippen LogP contribution in [0.25, 0.3) is 5.57 Å². The molecule has 0 unspecified atom stereocenters. The normalized spacial score (nSPS) is 13.0. The molecule has 5 heteroatoms. The first-order chi connectivity index (χ1) is 11.4. The maximum absolute atomic E-state index is 14.6. The van der Waals surface area contributed by atoms with Crippen molar-refractivity contribution in [2.45, 2.75) is 36.3 Å². The highest BCUT2D eigenvalue weighted by Gasteiger charge is 2.44. The second-order valence-corrected chi connectivity index (χ2v) is 7.54. The molecule has 0 aromatic heterocycles. The maximum atomic E-state index is 14.6. The second-order valence-electron chi connectivity index (χ2n) is 5.52. The van der Waals surface area contributed by atoms with E-state index in [1.807, 2.05) is 6.92 Å². The van der Waals surface area contributed by atoms with Crippen LogP contribution in [0.4, 0.5) is 8.78 Å². The van der Waals surface area contributed by atoms with Crippen molar-refractivity contribution in [1.82, 2.24) is 0 Å². The zero-order valence-electron chi connectivity index (χ0n) is 13.5. The summed E-state index contributed by atoms with van der Waals surface area (Å²) in [5, 5.41) is -3.97. The lowest BCUT2D eigenvalue weighted by Crippen LogP contribution is -2.27. The van der Waals surface area contributed by atoms with Crippen LogP contribution in [-0.2, 0) is 9.84 Å². The molecule has 2 aromatic carbocycles. The lowest BCUT2D eigenvalue weighted by Gasteiger charge is -2.16. The predicted molar refractivity (Wildman–Crippen MR) is 92.5 cm³/mol. The number of alkyl halides is 2. The predicted octanol–water partition coefficient (Wildman–Crippen LogP) is 5.33. The molecule has 128 valence electrons. The Labute approximate surface area is 141 Å². The van der Waals surface area contributed by atoms with Gasteiger partial charge in [0.05, 0.1) is 4.90 Å². The number of hydrogen-bond donors (Lipinski definition) is 0. The summed E-state index contributed by atoms with van der Waals surface area (Å²) >= 11 is 0. The molecule has 0 radical (unpaired) electrons. The van der Waals surface area contributed by atoms with Crippen LogP contribution in [-0.4, -0.2) is 13.7 Å². The Morgan fingerprint density at radius 1 is 1.00 bits per heavy atom. The Balaban J connectivity index is 2.46. The van der Waals surface area contributed by atoms with E-state index in [4.69, 9.17) is 0 Å². The van der Waals surface area contributed by atoms with Gasteiger partial charge in [0.25, 0.3) is 0 Å². The highest BCUT2D eigenvalue weighted by atomic mass is 32.2. The van der Waals surface area contributed by atoms with Crippen LogP contribution >= 0.6 is 0 Å². The molecule has 24 heavy (non-hydrogen) atoms. The van der Waals surface area contributed by atoms with Gasteiger partial charge in [-0.05, 0) is 36.1 Å². The van der Waals surface area contributed by atoms with Crippen molar-refractivity contribution < 1.29 is 17.2 Å². The molecule has 0 aliphatic rings. The third kappa shape index (κ3) is 4.09. The smallest absolute Gasteiger partial charge is 0.217 e. The first-order valence-electron chi connectivity index (χ1n) is 7.83. The zero-order valence-corrected chi connectivity index (χ0v) is 14.3. The van der Waals surface area contributed by atoms with Crippen LogP contribution in [0.2, 0.25) is 0 Å². The molecular formula is C19H20F2O2S. The molecule has 2 nitrogen and oxygen atoms in total. The summed E-state index contributed by atoms with van der Waals surface area (Å²) < 4.78 is 53.8. The van der Waals surface area contributed by atoms with Crippen molar-refractivity contribution in [3.63, 3.8) is 0 Å². The van der Waals surface area contributed by atoms with Gasteiger partial charge in [0.15, 0.2) is 0 Å². The summed E-state index contributed by atoms with van der Waals surface area (Å²) in [7, 11) is -4.78. The summed E-state index contributed by atoms with van der Waals surface area (Å²) in [5.41, 5.74) is 0.968. The van der Waals surface area contributed by atoms with Crippen LogP contribution in [0.1, 0.15) is 31.7 Å². The highest BCUT2D eigenvalue weighted by Crippen LogP contribution is 2.34. The van der Waals surface area contributed by atoms with E-state index in [0.717, 1.165) is 6.42 Å². The molecule has 0 fully saturated rings. The van der Waals surface area contributed by atoms with E-state index in [0.29, 0.717) is 30.1 Å².